The van der Waals surface area contributed by atoms with Crippen molar-refractivity contribution in [3.05, 3.63) is 35.9 Å². The van der Waals surface area contributed by atoms with E-state index in [0.717, 1.165) is 17.7 Å². The number of epoxide rings is 2. The van der Waals surface area contributed by atoms with Crippen molar-refractivity contribution in [3.63, 3.8) is 0 Å². The fourth-order valence-corrected chi connectivity index (χ4v) is 6.69. The van der Waals surface area contributed by atoms with Crippen LogP contribution in [0.25, 0.3) is 0 Å². The number of Topliss-reactive ketones (excluding diaryl/α,β-unsaturated/α-hetero) is 1. The lowest BCUT2D eigenvalue weighted by molar-refractivity contribution is -0.128. The van der Waals surface area contributed by atoms with Gasteiger partial charge in [-0.1, -0.05) is 32.4 Å². The number of carbonyl (C=O) groups is 4. The molecule has 1 aliphatic carbocycles. The van der Waals surface area contributed by atoms with Gasteiger partial charge in [-0.25, -0.2) is 4.79 Å². The fourth-order valence-electron chi connectivity index (χ4n) is 6.00. The van der Waals surface area contributed by atoms with E-state index in [2.05, 4.69) is 37.5 Å². The molecule has 0 unspecified atom stereocenters. The van der Waals surface area contributed by atoms with Crippen LogP contribution in [0.15, 0.2) is 40.8 Å². The van der Waals surface area contributed by atoms with Gasteiger partial charge in [-0.15, -0.1) is 11.8 Å². The number of carbonyl (C=O) groups excluding carboxylic acids is 4. The first-order chi connectivity index (χ1) is 20.7. The molecule has 3 aliphatic rings. The van der Waals surface area contributed by atoms with Gasteiger partial charge in [-0.2, -0.15) is 0 Å². The number of amides is 3. The molecule has 0 radical (unpaired) electrons. The molecule has 0 aromatic heterocycles. The molecule has 242 valence electrons. The predicted molar refractivity (Wildman–Crippen MR) is 167 cm³/mol. The summed E-state index contributed by atoms with van der Waals surface area (Å²) >= 11 is 1.25. The number of anilines is 1. The molecule has 6 atom stereocenters. The number of nitrogens with one attached hydrogen (secondary N) is 2. The summed E-state index contributed by atoms with van der Waals surface area (Å²) in [5, 5.41) is 5.11. The van der Waals surface area contributed by atoms with E-state index in [1.807, 2.05) is 20.8 Å². The third-order valence-electron chi connectivity index (χ3n) is 8.66. The van der Waals surface area contributed by atoms with Gasteiger partial charge in [0.15, 0.2) is 0 Å². The van der Waals surface area contributed by atoms with Crippen LogP contribution >= 0.6 is 11.8 Å². The van der Waals surface area contributed by atoms with Crippen LogP contribution < -0.4 is 10.6 Å². The molecule has 3 amide bonds. The van der Waals surface area contributed by atoms with E-state index in [-0.39, 0.29) is 47.9 Å². The number of hydrogen-bond acceptors (Lipinski definition) is 9. The number of allylic oxidation sites excluding steroid dienone is 1. The van der Waals surface area contributed by atoms with Crippen LogP contribution in [0.1, 0.15) is 73.6 Å². The second-order valence-electron chi connectivity index (χ2n) is 13.4. The van der Waals surface area contributed by atoms with Crippen molar-refractivity contribution >= 4 is 41.1 Å². The van der Waals surface area contributed by atoms with Crippen molar-refractivity contribution in [2.75, 3.05) is 24.8 Å². The maximum Gasteiger partial charge on any atom is 0.414 e. The topological polar surface area (TPSA) is 136 Å². The molecular formula is C33H46N2O8S. The van der Waals surface area contributed by atoms with Gasteiger partial charge in [0.05, 0.1) is 24.4 Å². The van der Waals surface area contributed by atoms with Gasteiger partial charge in [-0.05, 0) is 64.3 Å². The van der Waals surface area contributed by atoms with Crippen LogP contribution in [0.2, 0.25) is 0 Å². The van der Waals surface area contributed by atoms with Crippen LogP contribution in [0.4, 0.5) is 10.5 Å². The molecule has 3 fully saturated rings. The molecule has 1 saturated carbocycles. The molecule has 2 N–H and O–H groups in total. The van der Waals surface area contributed by atoms with Gasteiger partial charge in [-0.3, -0.25) is 19.7 Å². The van der Waals surface area contributed by atoms with Gasteiger partial charge in [0.1, 0.15) is 29.2 Å². The van der Waals surface area contributed by atoms with E-state index >= 15 is 0 Å². The Morgan fingerprint density at radius 3 is 2.36 bits per heavy atom. The van der Waals surface area contributed by atoms with Gasteiger partial charge >= 0.3 is 6.09 Å². The van der Waals surface area contributed by atoms with Gasteiger partial charge in [0.25, 0.3) is 0 Å². The number of benzene rings is 1. The molecule has 2 saturated heterocycles. The molecule has 2 heterocycles. The molecule has 11 heteroatoms. The van der Waals surface area contributed by atoms with Crippen LogP contribution in [0.3, 0.4) is 0 Å². The predicted octanol–water partition coefficient (Wildman–Crippen LogP) is 5.44. The first-order valence-electron chi connectivity index (χ1n) is 15.2. The largest absolute Gasteiger partial charge is 0.443 e. The summed E-state index contributed by atoms with van der Waals surface area (Å²) in [4.78, 5) is 50.3. The van der Waals surface area contributed by atoms with Crippen molar-refractivity contribution < 1.29 is 38.1 Å². The van der Waals surface area contributed by atoms with E-state index in [0.29, 0.717) is 18.7 Å². The Kier molecular flexibility index (Phi) is 10.7. The number of thioether (sulfide) groups is 1. The first-order valence-corrected chi connectivity index (χ1v) is 16.2. The quantitative estimate of drug-likeness (QED) is 0.176. The smallest absolute Gasteiger partial charge is 0.414 e. The van der Waals surface area contributed by atoms with E-state index < -0.39 is 35.2 Å². The molecule has 10 nitrogen and oxygen atoms in total. The number of ether oxygens (including phenoxy) is 4. The van der Waals surface area contributed by atoms with E-state index in [1.54, 1.807) is 31.4 Å². The minimum Gasteiger partial charge on any atom is -0.443 e. The Balaban J connectivity index is 1.23. The Bertz CT molecular complexity index is 1270. The molecular weight excluding hydrogens is 584 g/mol. The minimum atomic E-state index is -0.806. The highest BCUT2D eigenvalue weighted by Gasteiger charge is 2.72. The number of ketones is 1. The summed E-state index contributed by atoms with van der Waals surface area (Å²) in [6, 6.07) is 7.01. The van der Waals surface area contributed by atoms with E-state index in [4.69, 9.17) is 18.9 Å². The summed E-state index contributed by atoms with van der Waals surface area (Å²) < 4.78 is 23.8. The van der Waals surface area contributed by atoms with Gasteiger partial charge < -0.3 is 24.3 Å². The Hall–Kier alpha value is -2.73. The number of imide groups is 1. The normalized spacial score (nSPS) is 29.0. The lowest BCUT2D eigenvalue weighted by Gasteiger charge is -2.42. The van der Waals surface area contributed by atoms with E-state index in [9.17, 15) is 19.2 Å². The summed E-state index contributed by atoms with van der Waals surface area (Å²) in [5.41, 5.74) is 0.581. The molecule has 4 rings (SSSR count). The monoisotopic (exact) mass is 630 g/mol. The van der Waals surface area contributed by atoms with E-state index in [1.165, 1.54) is 17.3 Å². The lowest BCUT2D eigenvalue weighted by Crippen LogP contribution is -2.56. The Morgan fingerprint density at radius 1 is 1.09 bits per heavy atom. The Morgan fingerprint density at radius 2 is 1.77 bits per heavy atom. The summed E-state index contributed by atoms with van der Waals surface area (Å²) in [7, 11) is 1.61. The third kappa shape index (κ3) is 8.50. The lowest BCUT2D eigenvalue weighted by atomic mass is 9.68. The molecule has 0 bridgehead atoms. The third-order valence-corrected chi connectivity index (χ3v) is 9.67. The second-order valence-corrected chi connectivity index (χ2v) is 14.5. The molecule has 44 heavy (non-hydrogen) atoms. The minimum absolute atomic E-state index is 0.00558. The van der Waals surface area contributed by atoms with Crippen molar-refractivity contribution in [1.82, 2.24) is 5.32 Å². The molecule has 1 aromatic carbocycles. The summed E-state index contributed by atoms with van der Waals surface area (Å²) in [5.74, 6) is -0.778. The summed E-state index contributed by atoms with van der Waals surface area (Å²) in [6.45, 7) is 12.3. The maximum absolute atomic E-state index is 12.7. The van der Waals surface area contributed by atoms with Crippen molar-refractivity contribution in [2.24, 2.45) is 11.3 Å². The van der Waals surface area contributed by atoms with Crippen molar-refractivity contribution in [3.8, 4) is 0 Å². The van der Waals surface area contributed by atoms with Crippen LogP contribution in [0.5, 0.6) is 0 Å². The number of alkyl carbamates (subject to hydrolysis) is 1. The molecule has 1 aromatic rings. The number of hydrogen-bond donors (Lipinski definition) is 2. The van der Waals surface area contributed by atoms with Gasteiger partial charge in [0, 0.05) is 35.9 Å². The highest BCUT2D eigenvalue weighted by Crippen LogP contribution is 2.59. The molecule has 2 aliphatic heterocycles. The number of methoxy groups -OCH3 is 1. The second kappa shape index (κ2) is 13.7. The zero-order valence-corrected chi connectivity index (χ0v) is 27.6. The maximum atomic E-state index is 12.7. The Labute approximate surface area is 264 Å². The van der Waals surface area contributed by atoms with Crippen molar-refractivity contribution in [2.45, 2.75) is 108 Å². The highest BCUT2D eigenvalue weighted by atomic mass is 32.2. The number of rotatable bonds is 12. The SMILES string of the molecule is CO[C@@H]1[C@H](OC(=O)NC(=O)CSc2ccc(NC(=O)CCC(=O)C(C)(C)C)cc2)CC[C@]2(CO2)[C@H]1[C@]1(C)O[C@@H]1CC=C(C)C. The zero-order chi connectivity index (χ0) is 32.3. The van der Waals surface area contributed by atoms with Crippen LogP contribution in [0, 0.1) is 11.3 Å². The van der Waals surface area contributed by atoms with Gasteiger partial charge in [0.2, 0.25) is 11.8 Å². The highest BCUT2D eigenvalue weighted by molar-refractivity contribution is 8.00. The zero-order valence-electron chi connectivity index (χ0n) is 26.8. The summed E-state index contributed by atoms with van der Waals surface area (Å²) in [6.07, 6.45) is 2.83. The molecule has 1 spiro atoms. The van der Waals surface area contributed by atoms with Crippen LogP contribution in [-0.2, 0) is 33.3 Å². The van der Waals surface area contributed by atoms with Crippen molar-refractivity contribution in [1.29, 1.82) is 0 Å². The first kappa shape index (κ1) is 34.1. The fraction of sp³-hybridized carbons (Fsp3) is 0.636. The van der Waals surface area contributed by atoms with Crippen LogP contribution in [-0.4, -0.2) is 72.7 Å². The standard InChI is InChI=1S/C33H46N2O8S/c1-20(2)8-14-25-32(6,43-25)29-28(40-7)23(16-17-33(29)19-41-33)42-30(39)35-27(38)18-44-22-11-9-21(10-12-22)34-26(37)15-13-24(36)31(3,4)5/h8-12,23,25,28-29H,13-19H2,1-7H3,(H,34,37)(H,35,38,39)/t23-,25-,28-,29-,32-,33+/m1/s1. The average Bonchev–Trinajstić information content (AvgIpc) is 3.87. The average molecular weight is 631 g/mol.